The van der Waals surface area contributed by atoms with E-state index in [9.17, 15) is 19.2 Å². The lowest BCUT2D eigenvalue weighted by Crippen LogP contribution is -2.39. The van der Waals surface area contributed by atoms with Crippen LogP contribution in [0, 0.1) is 0 Å². The largest absolute Gasteiger partial charge is 0.465 e. The zero-order chi connectivity index (χ0) is 19.6. The minimum Gasteiger partial charge on any atom is -0.465 e. The minimum atomic E-state index is -0.620. The highest BCUT2D eigenvalue weighted by Gasteiger charge is 2.11. The molecule has 0 fully saturated rings. The van der Waals surface area contributed by atoms with Gasteiger partial charge in [0.2, 0.25) is 5.91 Å². The van der Waals surface area contributed by atoms with Crippen LogP contribution in [0.5, 0.6) is 0 Å². The summed E-state index contributed by atoms with van der Waals surface area (Å²) in [5, 5.41) is 6.58. The third-order valence-corrected chi connectivity index (χ3v) is 4.23. The summed E-state index contributed by atoms with van der Waals surface area (Å²) in [5.41, 5.74) is 1.08. The lowest BCUT2D eigenvalue weighted by molar-refractivity contribution is -0.145. The van der Waals surface area contributed by atoms with Gasteiger partial charge in [0.1, 0.15) is 13.2 Å². The highest BCUT2D eigenvalue weighted by Crippen LogP contribution is 2.08. The van der Waals surface area contributed by atoms with Gasteiger partial charge in [-0.15, -0.1) is 11.3 Å². The summed E-state index contributed by atoms with van der Waals surface area (Å²) >= 11 is 1.27. The summed E-state index contributed by atoms with van der Waals surface area (Å²) < 4.78 is 9.63. The highest BCUT2D eigenvalue weighted by atomic mass is 32.1. The molecule has 27 heavy (non-hydrogen) atoms. The van der Waals surface area contributed by atoms with Gasteiger partial charge in [-0.25, -0.2) is 4.79 Å². The van der Waals surface area contributed by atoms with E-state index in [1.54, 1.807) is 41.8 Å². The van der Waals surface area contributed by atoms with Gasteiger partial charge in [0, 0.05) is 0 Å². The number of methoxy groups -OCH3 is 1. The first kappa shape index (κ1) is 20.1. The van der Waals surface area contributed by atoms with Crippen LogP contribution in [0.2, 0.25) is 0 Å². The molecule has 8 nitrogen and oxygen atoms in total. The third-order valence-electron chi connectivity index (χ3n) is 3.36. The third kappa shape index (κ3) is 6.55. The van der Waals surface area contributed by atoms with Gasteiger partial charge in [-0.05, 0) is 29.1 Å². The molecule has 2 N–H and O–H groups in total. The molecule has 0 saturated heterocycles. The smallest absolute Gasteiger partial charge is 0.337 e. The van der Waals surface area contributed by atoms with Crippen molar-refractivity contribution in [2.75, 3.05) is 20.2 Å². The zero-order valence-electron chi connectivity index (χ0n) is 14.5. The second kappa shape index (κ2) is 10.1. The van der Waals surface area contributed by atoms with E-state index in [1.165, 1.54) is 18.4 Å². The van der Waals surface area contributed by atoms with Gasteiger partial charge in [0.15, 0.2) is 0 Å². The summed E-state index contributed by atoms with van der Waals surface area (Å²) in [6.45, 7) is -0.543. The van der Waals surface area contributed by atoms with Gasteiger partial charge in [-0.2, -0.15) is 0 Å². The monoisotopic (exact) mass is 390 g/mol. The van der Waals surface area contributed by atoms with Gasteiger partial charge in [0.05, 0.1) is 24.1 Å². The van der Waals surface area contributed by atoms with Crippen LogP contribution >= 0.6 is 11.3 Å². The molecule has 2 amide bonds. The van der Waals surface area contributed by atoms with Crippen molar-refractivity contribution in [1.82, 2.24) is 10.6 Å². The van der Waals surface area contributed by atoms with Crippen molar-refractivity contribution in [2.24, 2.45) is 0 Å². The van der Waals surface area contributed by atoms with Crippen molar-refractivity contribution in [3.05, 3.63) is 57.8 Å². The molecular formula is C18H18N2O6S. The Hall–Kier alpha value is -3.20. The van der Waals surface area contributed by atoms with Crippen LogP contribution in [-0.4, -0.2) is 44.0 Å². The first-order chi connectivity index (χ1) is 13.0. The number of thiophene rings is 1. The predicted octanol–water partition coefficient (Wildman–Crippen LogP) is 1.12. The van der Waals surface area contributed by atoms with E-state index in [0.717, 1.165) is 0 Å². The predicted molar refractivity (Wildman–Crippen MR) is 97.2 cm³/mol. The van der Waals surface area contributed by atoms with E-state index in [-0.39, 0.29) is 25.6 Å². The van der Waals surface area contributed by atoms with Crippen LogP contribution in [0.15, 0.2) is 41.8 Å². The summed E-state index contributed by atoms with van der Waals surface area (Å²) in [5.74, 6) is -1.92. The summed E-state index contributed by atoms with van der Waals surface area (Å²) in [6, 6.07) is 9.78. The van der Waals surface area contributed by atoms with E-state index in [4.69, 9.17) is 4.74 Å². The molecule has 1 aromatic carbocycles. The Bertz CT molecular complexity index is 802. The number of hydrogen-bond acceptors (Lipinski definition) is 7. The molecular weight excluding hydrogens is 372 g/mol. The summed E-state index contributed by atoms with van der Waals surface area (Å²) in [6.07, 6.45) is 0. The number of nitrogens with one attached hydrogen (secondary N) is 2. The van der Waals surface area contributed by atoms with Gasteiger partial charge in [0.25, 0.3) is 5.91 Å². The fourth-order valence-electron chi connectivity index (χ4n) is 1.96. The molecule has 0 spiro atoms. The molecule has 0 saturated carbocycles. The first-order valence-electron chi connectivity index (χ1n) is 7.91. The Balaban J connectivity index is 1.66. The van der Waals surface area contributed by atoms with Gasteiger partial charge in [-0.3, -0.25) is 14.4 Å². The average molecular weight is 390 g/mol. The Kier molecular flexibility index (Phi) is 7.50. The highest BCUT2D eigenvalue weighted by molar-refractivity contribution is 7.12. The molecule has 0 aliphatic rings. The molecule has 0 unspecified atom stereocenters. The number of carbonyl (C=O) groups excluding carboxylic acids is 4. The van der Waals surface area contributed by atoms with E-state index < -0.39 is 17.8 Å². The van der Waals surface area contributed by atoms with Crippen molar-refractivity contribution in [1.29, 1.82) is 0 Å². The van der Waals surface area contributed by atoms with Crippen LogP contribution in [0.25, 0.3) is 0 Å². The molecule has 0 bridgehead atoms. The molecule has 2 aromatic rings. The number of amides is 2. The normalized spacial score (nSPS) is 9.96. The van der Waals surface area contributed by atoms with Crippen LogP contribution in [0.4, 0.5) is 0 Å². The molecule has 142 valence electrons. The van der Waals surface area contributed by atoms with Crippen LogP contribution < -0.4 is 10.6 Å². The van der Waals surface area contributed by atoms with Crippen molar-refractivity contribution in [3.8, 4) is 0 Å². The van der Waals surface area contributed by atoms with Gasteiger partial charge < -0.3 is 20.1 Å². The van der Waals surface area contributed by atoms with Crippen molar-refractivity contribution in [3.63, 3.8) is 0 Å². The van der Waals surface area contributed by atoms with Crippen LogP contribution in [0.3, 0.4) is 0 Å². The fourth-order valence-corrected chi connectivity index (χ4v) is 2.60. The second-order valence-electron chi connectivity index (χ2n) is 5.29. The number of ether oxygens (including phenoxy) is 2. The number of benzene rings is 1. The molecule has 1 aromatic heterocycles. The minimum absolute atomic E-state index is 0.00523. The van der Waals surface area contributed by atoms with Crippen LogP contribution in [-0.2, 0) is 25.7 Å². The maximum Gasteiger partial charge on any atom is 0.337 e. The summed E-state index contributed by atoms with van der Waals surface area (Å²) in [7, 11) is 1.29. The quantitative estimate of drug-likeness (QED) is 0.654. The molecule has 9 heteroatoms. The van der Waals surface area contributed by atoms with Crippen LogP contribution in [0.1, 0.15) is 25.6 Å². The molecule has 1 heterocycles. The van der Waals surface area contributed by atoms with E-state index in [2.05, 4.69) is 15.4 Å². The first-order valence-corrected chi connectivity index (χ1v) is 8.79. The standard InChI is InChI=1S/C18H18N2O6S/c1-25-18(24)13-6-4-12(5-7-13)11-26-16(22)10-19-15(21)9-20-17(23)14-3-2-8-27-14/h2-8H,9-11H2,1H3,(H,19,21)(H,20,23). The fraction of sp³-hybridized carbons (Fsp3) is 0.222. The van der Waals surface area contributed by atoms with E-state index >= 15 is 0 Å². The lowest BCUT2D eigenvalue weighted by atomic mass is 10.1. The van der Waals surface area contributed by atoms with E-state index in [1.807, 2.05) is 0 Å². The molecule has 0 atom stereocenters. The Morgan fingerprint density at radius 1 is 1.00 bits per heavy atom. The zero-order valence-corrected chi connectivity index (χ0v) is 15.3. The Morgan fingerprint density at radius 2 is 1.74 bits per heavy atom. The SMILES string of the molecule is COC(=O)c1ccc(COC(=O)CNC(=O)CNC(=O)c2cccs2)cc1. The number of hydrogen-bond donors (Lipinski definition) is 2. The maximum absolute atomic E-state index is 11.7. The lowest BCUT2D eigenvalue weighted by Gasteiger charge is -2.08. The topological polar surface area (TPSA) is 111 Å². The summed E-state index contributed by atoms with van der Waals surface area (Å²) in [4.78, 5) is 46.8. The number of esters is 2. The van der Waals surface area contributed by atoms with Crippen molar-refractivity contribution in [2.45, 2.75) is 6.61 Å². The maximum atomic E-state index is 11.7. The average Bonchev–Trinajstić information content (AvgIpc) is 3.23. The number of carbonyl (C=O) groups is 4. The van der Waals surface area contributed by atoms with Gasteiger partial charge >= 0.3 is 11.9 Å². The molecule has 0 radical (unpaired) electrons. The van der Waals surface area contributed by atoms with Crippen molar-refractivity contribution < 1.29 is 28.7 Å². The molecule has 2 rings (SSSR count). The Morgan fingerprint density at radius 3 is 2.37 bits per heavy atom. The second-order valence-corrected chi connectivity index (χ2v) is 6.23. The van der Waals surface area contributed by atoms with Crippen molar-refractivity contribution >= 4 is 35.1 Å². The molecule has 0 aliphatic heterocycles. The van der Waals surface area contributed by atoms with Gasteiger partial charge in [-0.1, -0.05) is 18.2 Å². The Labute approximate surface area is 159 Å². The van der Waals surface area contributed by atoms with E-state index in [0.29, 0.717) is 16.0 Å². The number of rotatable bonds is 8. The molecule has 0 aliphatic carbocycles.